The van der Waals surface area contributed by atoms with Crippen LogP contribution in [-0.4, -0.2) is 15.5 Å². The summed E-state index contributed by atoms with van der Waals surface area (Å²) in [7, 11) is -1.90. The number of aryl methyl sites for hydroxylation is 1. The minimum absolute atomic E-state index is 0.222. The van der Waals surface area contributed by atoms with Gasteiger partial charge in [0.25, 0.3) is 10.0 Å². The van der Waals surface area contributed by atoms with E-state index in [0.29, 0.717) is 16.4 Å². The minimum Gasteiger partial charge on any atom is -0.386 e. The van der Waals surface area contributed by atoms with Crippen molar-refractivity contribution in [1.82, 2.24) is 0 Å². The highest BCUT2D eigenvalue weighted by Gasteiger charge is 2.15. The molecule has 0 aliphatic heterocycles. The van der Waals surface area contributed by atoms with E-state index in [4.69, 9.17) is 11.6 Å². The third kappa shape index (κ3) is 3.23. The molecule has 0 amide bonds. The molecule has 0 unspecified atom stereocenters. The van der Waals surface area contributed by atoms with E-state index in [1.807, 2.05) is 6.92 Å². The summed E-state index contributed by atoms with van der Waals surface area (Å²) in [5.41, 5.74) is 2.08. The molecule has 2 aromatic rings. The molecule has 2 rings (SSSR count). The molecule has 0 heterocycles. The summed E-state index contributed by atoms with van der Waals surface area (Å²) >= 11 is 5.88. The van der Waals surface area contributed by atoms with Gasteiger partial charge in [-0.05, 0) is 37.3 Å². The maximum atomic E-state index is 12.3. The second-order valence-electron chi connectivity index (χ2n) is 4.36. The van der Waals surface area contributed by atoms with E-state index >= 15 is 0 Å². The summed E-state index contributed by atoms with van der Waals surface area (Å²) in [6.07, 6.45) is 0. The molecule has 0 radical (unpaired) electrons. The molecule has 0 bridgehead atoms. The Morgan fingerprint density at radius 2 is 1.65 bits per heavy atom. The van der Waals surface area contributed by atoms with E-state index in [2.05, 4.69) is 10.0 Å². The molecule has 0 saturated carbocycles. The summed E-state index contributed by atoms with van der Waals surface area (Å²) in [6, 6.07) is 11.6. The summed E-state index contributed by atoms with van der Waals surface area (Å²) in [5.74, 6) is 0. The third-order valence-electron chi connectivity index (χ3n) is 2.83. The van der Waals surface area contributed by atoms with Crippen molar-refractivity contribution in [2.45, 2.75) is 11.8 Å². The van der Waals surface area contributed by atoms with Gasteiger partial charge < -0.3 is 5.32 Å². The zero-order valence-electron chi connectivity index (χ0n) is 11.1. The van der Waals surface area contributed by atoms with Crippen LogP contribution in [0.2, 0.25) is 5.02 Å². The average Bonchev–Trinajstić information content (AvgIpc) is 2.41. The Morgan fingerprint density at radius 1 is 1.00 bits per heavy atom. The standard InChI is InChI=1S/C14H15ClN2O2S/c1-10-3-6-12(7-4-10)20(18,19)17-13-8-5-11(15)9-14(13)16-2/h3-9,16-17H,1-2H3. The van der Waals surface area contributed by atoms with Crippen LogP contribution in [-0.2, 0) is 10.0 Å². The zero-order valence-corrected chi connectivity index (χ0v) is 12.7. The van der Waals surface area contributed by atoms with E-state index in [1.54, 1.807) is 49.5 Å². The Kier molecular flexibility index (Phi) is 4.20. The van der Waals surface area contributed by atoms with E-state index in [1.165, 1.54) is 0 Å². The summed E-state index contributed by atoms with van der Waals surface area (Å²) in [5, 5.41) is 3.44. The fraction of sp³-hybridized carbons (Fsp3) is 0.143. The van der Waals surface area contributed by atoms with Crippen molar-refractivity contribution in [3.63, 3.8) is 0 Å². The van der Waals surface area contributed by atoms with Crippen molar-refractivity contribution in [1.29, 1.82) is 0 Å². The van der Waals surface area contributed by atoms with Crippen molar-refractivity contribution in [2.75, 3.05) is 17.1 Å². The van der Waals surface area contributed by atoms with Crippen LogP contribution in [0.1, 0.15) is 5.56 Å². The molecule has 2 aromatic carbocycles. The Balaban J connectivity index is 2.35. The highest BCUT2D eigenvalue weighted by molar-refractivity contribution is 7.92. The first kappa shape index (κ1) is 14.7. The van der Waals surface area contributed by atoms with Gasteiger partial charge in [0.1, 0.15) is 0 Å². The largest absolute Gasteiger partial charge is 0.386 e. The maximum Gasteiger partial charge on any atom is 0.261 e. The van der Waals surface area contributed by atoms with Crippen molar-refractivity contribution >= 4 is 33.0 Å². The number of sulfonamides is 1. The molecule has 106 valence electrons. The molecule has 2 N–H and O–H groups in total. The number of benzene rings is 2. The third-order valence-corrected chi connectivity index (χ3v) is 4.44. The lowest BCUT2D eigenvalue weighted by Crippen LogP contribution is -2.14. The molecule has 6 heteroatoms. The Morgan fingerprint density at radius 3 is 2.25 bits per heavy atom. The number of hydrogen-bond donors (Lipinski definition) is 2. The van der Waals surface area contributed by atoms with Gasteiger partial charge in [0, 0.05) is 12.1 Å². The van der Waals surface area contributed by atoms with Gasteiger partial charge in [0.05, 0.1) is 16.3 Å². The minimum atomic E-state index is -3.61. The Hall–Kier alpha value is -1.72. The van der Waals surface area contributed by atoms with E-state index in [-0.39, 0.29) is 4.90 Å². The first-order valence-corrected chi connectivity index (χ1v) is 7.85. The number of halogens is 1. The van der Waals surface area contributed by atoms with Gasteiger partial charge in [0.2, 0.25) is 0 Å². The van der Waals surface area contributed by atoms with Crippen molar-refractivity contribution in [3.8, 4) is 0 Å². The normalized spacial score (nSPS) is 11.2. The highest BCUT2D eigenvalue weighted by Crippen LogP contribution is 2.27. The van der Waals surface area contributed by atoms with E-state index in [9.17, 15) is 8.42 Å². The van der Waals surface area contributed by atoms with Crippen molar-refractivity contribution in [2.24, 2.45) is 0 Å². The lowest BCUT2D eigenvalue weighted by Gasteiger charge is -2.12. The second kappa shape index (κ2) is 5.73. The first-order chi connectivity index (χ1) is 9.42. The smallest absolute Gasteiger partial charge is 0.261 e. The van der Waals surface area contributed by atoms with Gasteiger partial charge in [-0.3, -0.25) is 4.72 Å². The van der Waals surface area contributed by atoms with E-state index in [0.717, 1.165) is 5.56 Å². The molecule has 0 aliphatic carbocycles. The van der Waals surface area contributed by atoms with Crippen LogP contribution in [0, 0.1) is 6.92 Å². The fourth-order valence-corrected chi connectivity index (χ4v) is 2.99. The monoisotopic (exact) mass is 310 g/mol. The topological polar surface area (TPSA) is 58.2 Å². The van der Waals surface area contributed by atoms with Crippen LogP contribution < -0.4 is 10.0 Å². The van der Waals surface area contributed by atoms with Crippen LogP contribution in [0.4, 0.5) is 11.4 Å². The summed E-state index contributed by atoms with van der Waals surface area (Å²) in [4.78, 5) is 0.222. The predicted octanol–water partition coefficient (Wildman–Crippen LogP) is 3.49. The number of rotatable bonds is 4. The van der Waals surface area contributed by atoms with Gasteiger partial charge in [0.15, 0.2) is 0 Å². The Labute approximate surface area is 123 Å². The SMILES string of the molecule is CNc1cc(Cl)ccc1NS(=O)(=O)c1ccc(C)cc1. The Bertz CT molecular complexity index is 712. The van der Waals surface area contributed by atoms with Crippen LogP contribution in [0.15, 0.2) is 47.4 Å². The molecule has 0 spiro atoms. The van der Waals surface area contributed by atoms with Gasteiger partial charge in [-0.15, -0.1) is 0 Å². The van der Waals surface area contributed by atoms with Gasteiger partial charge in [-0.1, -0.05) is 29.3 Å². The summed E-state index contributed by atoms with van der Waals surface area (Å²) in [6.45, 7) is 1.90. The second-order valence-corrected chi connectivity index (χ2v) is 6.48. The lowest BCUT2D eigenvalue weighted by atomic mass is 10.2. The molecule has 0 saturated heterocycles. The number of anilines is 2. The average molecular weight is 311 g/mol. The van der Waals surface area contributed by atoms with Crippen molar-refractivity contribution in [3.05, 3.63) is 53.1 Å². The molecule has 4 nitrogen and oxygen atoms in total. The van der Waals surface area contributed by atoms with E-state index < -0.39 is 10.0 Å². The molecular formula is C14H15ClN2O2S. The number of nitrogens with one attached hydrogen (secondary N) is 2. The van der Waals surface area contributed by atoms with Crippen LogP contribution >= 0.6 is 11.6 Å². The highest BCUT2D eigenvalue weighted by atomic mass is 35.5. The quantitative estimate of drug-likeness (QED) is 0.909. The van der Waals surface area contributed by atoms with Gasteiger partial charge in [-0.2, -0.15) is 0 Å². The zero-order chi connectivity index (χ0) is 14.8. The van der Waals surface area contributed by atoms with Crippen LogP contribution in [0.3, 0.4) is 0 Å². The fourth-order valence-electron chi connectivity index (χ4n) is 1.73. The first-order valence-electron chi connectivity index (χ1n) is 5.99. The molecule has 20 heavy (non-hydrogen) atoms. The lowest BCUT2D eigenvalue weighted by molar-refractivity contribution is 0.601. The number of hydrogen-bond acceptors (Lipinski definition) is 3. The van der Waals surface area contributed by atoms with Gasteiger partial charge in [-0.25, -0.2) is 8.42 Å². The molecule has 0 fully saturated rings. The summed E-state index contributed by atoms with van der Waals surface area (Å²) < 4.78 is 27.1. The predicted molar refractivity (Wildman–Crippen MR) is 83.0 cm³/mol. The molecule has 0 aromatic heterocycles. The molecular weight excluding hydrogens is 296 g/mol. The molecule has 0 aliphatic rings. The van der Waals surface area contributed by atoms with Crippen LogP contribution in [0.5, 0.6) is 0 Å². The molecule has 0 atom stereocenters. The van der Waals surface area contributed by atoms with Crippen LogP contribution in [0.25, 0.3) is 0 Å². The van der Waals surface area contributed by atoms with Gasteiger partial charge >= 0.3 is 0 Å². The van der Waals surface area contributed by atoms with Crippen molar-refractivity contribution < 1.29 is 8.42 Å². The maximum absolute atomic E-state index is 12.3.